The zero-order valence-corrected chi connectivity index (χ0v) is 14.9. The first kappa shape index (κ1) is 17.5. The zero-order chi connectivity index (χ0) is 18.0. The van der Waals surface area contributed by atoms with Crippen LogP contribution in [0.15, 0.2) is 42.5 Å². The van der Waals surface area contributed by atoms with E-state index in [1.165, 1.54) is 10.8 Å². The lowest BCUT2D eigenvalue weighted by Crippen LogP contribution is -2.40. The van der Waals surface area contributed by atoms with Crippen LogP contribution in [0.25, 0.3) is 10.8 Å². The second-order valence-electron chi connectivity index (χ2n) is 7.36. The molecular weight excluding hydrogens is 314 g/mol. The van der Waals surface area contributed by atoms with Crippen LogP contribution in [0, 0.1) is 11.3 Å². The summed E-state index contributed by atoms with van der Waals surface area (Å²) in [6.07, 6.45) is 1.65. The van der Waals surface area contributed by atoms with Crippen molar-refractivity contribution in [1.29, 1.82) is 0 Å². The van der Waals surface area contributed by atoms with Gasteiger partial charge in [-0.05, 0) is 35.1 Å². The fraction of sp³-hybridized carbons (Fsp3) is 0.429. The first-order chi connectivity index (χ1) is 11.9. The number of nitrogens with zero attached hydrogens (tertiary/aromatic N) is 1. The Labute approximate surface area is 148 Å². The molecule has 2 aromatic carbocycles. The molecule has 2 aromatic rings. The number of fused-ring (bicyclic) bond motifs is 1. The van der Waals surface area contributed by atoms with Crippen LogP contribution in [0.3, 0.4) is 0 Å². The van der Waals surface area contributed by atoms with Gasteiger partial charge in [-0.15, -0.1) is 0 Å². The van der Waals surface area contributed by atoms with Crippen molar-refractivity contribution in [2.45, 2.75) is 33.1 Å². The van der Waals surface area contributed by atoms with Gasteiger partial charge in [-0.3, -0.25) is 9.59 Å². The number of carbonyl (C=O) groups is 2. The molecule has 4 heteroatoms. The minimum Gasteiger partial charge on any atom is -0.481 e. The average Bonchev–Trinajstić information content (AvgIpc) is 3.06. The fourth-order valence-corrected chi connectivity index (χ4v) is 3.74. The van der Waals surface area contributed by atoms with Crippen LogP contribution in [-0.2, 0) is 16.0 Å². The summed E-state index contributed by atoms with van der Waals surface area (Å²) < 4.78 is 0. The van der Waals surface area contributed by atoms with Gasteiger partial charge in [-0.25, -0.2) is 0 Å². The summed E-state index contributed by atoms with van der Waals surface area (Å²) >= 11 is 0. The van der Waals surface area contributed by atoms with E-state index in [9.17, 15) is 14.7 Å². The zero-order valence-electron chi connectivity index (χ0n) is 14.9. The smallest absolute Gasteiger partial charge is 0.311 e. The number of carboxylic acid groups (broad SMARTS) is 1. The van der Waals surface area contributed by atoms with Crippen molar-refractivity contribution in [1.82, 2.24) is 4.90 Å². The topological polar surface area (TPSA) is 57.6 Å². The molecule has 0 aromatic heterocycles. The molecule has 0 saturated carbocycles. The maximum Gasteiger partial charge on any atom is 0.311 e. The predicted octanol–water partition coefficient (Wildman–Crippen LogP) is 3.73. The molecule has 1 aliphatic heterocycles. The van der Waals surface area contributed by atoms with Crippen molar-refractivity contribution in [3.05, 3.63) is 48.0 Å². The molecule has 1 amide bonds. The van der Waals surface area contributed by atoms with E-state index in [2.05, 4.69) is 30.3 Å². The van der Waals surface area contributed by atoms with Gasteiger partial charge < -0.3 is 10.0 Å². The monoisotopic (exact) mass is 339 g/mol. The summed E-state index contributed by atoms with van der Waals surface area (Å²) in [6.45, 7) is 4.73. The SMILES string of the molecule is CC(C)C1(C(=O)O)CCN(C(=O)CCc2ccc3ccccc3c2)C1. The molecule has 1 fully saturated rings. The van der Waals surface area contributed by atoms with Gasteiger partial charge >= 0.3 is 5.97 Å². The van der Waals surface area contributed by atoms with Crippen molar-refractivity contribution >= 4 is 22.6 Å². The second kappa shape index (κ2) is 6.87. The predicted molar refractivity (Wildman–Crippen MR) is 98.4 cm³/mol. The maximum atomic E-state index is 12.5. The number of benzene rings is 2. The lowest BCUT2D eigenvalue weighted by Gasteiger charge is -2.28. The van der Waals surface area contributed by atoms with Crippen LogP contribution in [0.2, 0.25) is 0 Å². The summed E-state index contributed by atoms with van der Waals surface area (Å²) in [7, 11) is 0. The van der Waals surface area contributed by atoms with Gasteiger partial charge in [-0.2, -0.15) is 0 Å². The number of rotatable bonds is 5. The summed E-state index contributed by atoms with van der Waals surface area (Å²) in [4.78, 5) is 26.0. The Bertz CT molecular complexity index is 799. The molecule has 1 unspecified atom stereocenters. The molecule has 25 heavy (non-hydrogen) atoms. The largest absolute Gasteiger partial charge is 0.481 e. The summed E-state index contributed by atoms with van der Waals surface area (Å²) in [5, 5.41) is 12.0. The van der Waals surface area contributed by atoms with Gasteiger partial charge in [0.2, 0.25) is 5.91 Å². The number of hydrogen-bond acceptors (Lipinski definition) is 2. The van der Waals surface area contributed by atoms with Gasteiger partial charge in [-0.1, -0.05) is 56.3 Å². The molecule has 1 atom stereocenters. The van der Waals surface area contributed by atoms with E-state index in [0.29, 0.717) is 32.4 Å². The molecule has 3 rings (SSSR count). The summed E-state index contributed by atoms with van der Waals surface area (Å²) in [5.74, 6) is -0.715. The van der Waals surface area contributed by atoms with Gasteiger partial charge in [0.05, 0.1) is 5.41 Å². The van der Waals surface area contributed by atoms with E-state index in [1.54, 1.807) is 4.90 Å². The highest BCUT2D eigenvalue weighted by Crippen LogP contribution is 2.38. The molecule has 4 nitrogen and oxygen atoms in total. The maximum absolute atomic E-state index is 12.5. The molecule has 0 aliphatic carbocycles. The highest BCUT2D eigenvalue weighted by Gasteiger charge is 2.48. The highest BCUT2D eigenvalue weighted by atomic mass is 16.4. The van der Waals surface area contributed by atoms with Gasteiger partial charge in [0.25, 0.3) is 0 Å². The van der Waals surface area contributed by atoms with Crippen molar-refractivity contribution in [2.75, 3.05) is 13.1 Å². The lowest BCUT2D eigenvalue weighted by molar-refractivity contribution is -0.151. The number of carboxylic acids is 1. The van der Waals surface area contributed by atoms with Gasteiger partial charge in [0, 0.05) is 19.5 Å². The quantitative estimate of drug-likeness (QED) is 0.903. The molecular formula is C21H25NO3. The van der Waals surface area contributed by atoms with Crippen LogP contribution < -0.4 is 0 Å². The second-order valence-corrected chi connectivity index (χ2v) is 7.36. The Hall–Kier alpha value is -2.36. The molecule has 1 heterocycles. The standard InChI is InChI=1S/C21H25NO3/c1-15(2)21(20(24)25)11-12-22(14-21)19(23)10-8-16-7-9-17-5-3-4-6-18(17)13-16/h3-7,9,13,15H,8,10-12,14H2,1-2H3,(H,24,25). The van der Waals surface area contributed by atoms with Crippen LogP contribution in [0.5, 0.6) is 0 Å². The normalized spacial score (nSPS) is 20.4. The first-order valence-corrected chi connectivity index (χ1v) is 8.91. The van der Waals surface area contributed by atoms with Crippen LogP contribution in [0.4, 0.5) is 0 Å². The van der Waals surface area contributed by atoms with E-state index in [0.717, 1.165) is 5.56 Å². The number of carbonyl (C=O) groups excluding carboxylic acids is 1. The number of aliphatic carboxylic acids is 1. The molecule has 0 radical (unpaired) electrons. The van der Waals surface area contributed by atoms with E-state index in [-0.39, 0.29) is 11.8 Å². The van der Waals surface area contributed by atoms with Gasteiger partial charge in [0.1, 0.15) is 0 Å². The molecule has 0 spiro atoms. The minimum absolute atomic E-state index is 0.0169. The van der Waals surface area contributed by atoms with E-state index >= 15 is 0 Å². The number of likely N-dealkylation sites (tertiary alicyclic amines) is 1. The Morgan fingerprint density at radius 1 is 1.16 bits per heavy atom. The average molecular weight is 339 g/mol. The van der Waals surface area contributed by atoms with Crippen LogP contribution in [0.1, 0.15) is 32.3 Å². The van der Waals surface area contributed by atoms with Gasteiger partial charge in [0.15, 0.2) is 0 Å². The Kier molecular flexibility index (Phi) is 4.80. The van der Waals surface area contributed by atoms with Crippen molar-refractivity contribution in [3.8, 4) is 0 Å². The molecule has 1 N–H and O–H groups in total. The van der Waals surface area contributed by atoms with E-state index in [1.807, 2.05) is 26.0 Å². The molecule has 1 aliphatic rings. The number of aryl methyl sites for hydroxylation is 1. The highest BCUT2D eigenvalue weighted by molar-refractivity contribution is 5.84. The Balaban J connectivity index is 1.63. The third kappa shape index (κ3) is 3.39. The van der Waals surface area contributed by atoms with Crippen LogP contribution in [-0.4, -0.2) is 35.0 Å². The van der Waals surface area contributed by atoms with E-state index < -0.39 is 11.4 Å². The fourth-order valence-electron chi connectivity index (χ4n) is 3.74. The molecule has 0 bridgehead atoms. The summed E-state index contributed by atoms with van der Waals surface area (Å²) in [6, 6.07) is 14.5. The first-order valence-electron chi connectivity index (χ1n) is 8.91. The Morgan fingerprint density at radius 2 is 1.88 bits per heavy atom. The Morgan fingerprint density at radius 3 is 2.52 bits per heavy atom. The van der Waals surface area contributed by atoms with Crippen molar-refractivity contribution < 1.29 is 14.7 Å². The third-order valence-electron chi connectivity index (χ3n) is 5.63. The summed E-state index contributed by atoms with van der Waals surface area (Å²) in [5.41, 5.74) is 0.345. The third-order valence-corrected chi connectivity index (χ3v) is 5.63. The van der Waals surface area contributed by atoms with Crippen molar-refractivity contribution in [3.63, 3.8) is 0 Å². The number of hydrogen-bond donors (Lipinski definition) is 1. The molecule has 1 saturated heterocycles. The lowest BCUT2D eigenvalue weighted by atomic mass is 9.76. The van der Waals surface area contributed by atoms with Crippen molar-refractivity contribution in [2.24, 2.45) is 11.3 Å². The van der Waals surface area contributed by atoms with E-state index in [4.69, 9.17) is 0 Å². The minimum atomic E-state index is -0.793. The molecule has 132 valence electrons. The van der Waals surface area contributed by atoms with Crippen LogP contribution >= 0.6 is 0 Å². The number of amides is 1.